The molecule has 1 heterocycles. The van der Waals surface area contributed by atoms with Crippen molar-refractivity contribution >= 4 is 22.6 Å². The third-order valence-corrected chi connectivity index (χ3v) is 6.04. The second-order valence-electron chi connectivity index (χ2n) is 8.85. The summed E-state index contributed by atoms with van der Waals surface area (Å²) in [5, 5.41) is 21.3. The van der Waals surface area contributed by atoms with E-state index in [1.807, 2.05) is 67.6 Å². The number of rotatable bonds is 13. The summed E-state index contributed by atoms with van der Waals surface area (Å²) in [7, 11) is 0. The van der Waals surface area contributed by atoms with Crippen LogP contribution in [0, 0.1) is 0 Å². The van der Waals surface area contributed by atoms with Crippen LogP contribution in [0.4, 0.5) is 5.69 Å². The number of nitrogens with zero attached hydrogens (tertiary/aromatic N) is 2. The number of aromatic nitrogens is 2. The van der Waals surface area contributed by atoms with Gasteiger partial charge in [0, 0.05) is 31.7 Å². The maximum absolute atomic E-state index is 12.8. The Labute approximate surface area is 234 Å². The molecule has 0 aliphatic carbocycles. The summed E-state index contributed by atoms with van der Waals surface area (Å²) < 4.78 is 12.7. The van der Waals surface area contributed by atoms with Gasteiger partial charge in [0.2, 0.25) is 0 Å². The molecule has 212 valence electrons. The number of benzene rings is 3. The highest BCUT2D eigenvalue weighted by atomic mass is 16.5. The maximum Gasteiger partial charge on any atom is 0.333 e. The lowest BCUT2D eigenvalue weighted by Crippen LogP contribution is -2.27. The number of aryl methyl sites for hydroxylation is 1. The van der Waals surface area contributed by atoms with Crippen LogP contribution in [0.1, 0.15) is 25.2 Å². The molecule has 0 radical (unpaired) electrons. The second-order valence-corrected chi connectivity index (χ2v) is 8.85. The topological polar surface area (TPSA) is 123 Å². The van der Waals surface area contributed by atoms with Gasteiger partial charge in [-0.25, -0.2) is 9.78 Å². The van der Waals surface area contributed by atoms with Crippen molar-refractivity contribution in [1.29, 1.82) is 0 Å². The fourth-order valence-corrected chi connectivity index (χ4v) is 4.08. The van der Waals surface area contributed by atoms with E-state index in [-0.39, 0.29) is 12.2 Å². The average molecular weight is 548 g/mol. The van der Waals surface area contributed by atoms with Crippen molar-refractivity contribution in [3.63, 3.8) is 0 Å². The first-order valence-corrected chi connectivity index (χ1v) is 13.4. The highest BCUT2D eigenvalue weighted by molar-refractivity contribution is 5.77. The molecule has 0 saturated carbocycles. The Kier molecular flexibility index (Phi) is 12.2. The molecule has 1 unspecified atom stereocenters. The molecule has 0 bridgehead atoms. The molecule has 0 spiro atoms. The first-order valence-electron chi connectivity index (χ1n) is 13.4. The maximum atomic E-state index is 12.8. The van der Waals surface area contributed by atoms with Crippen LogP contribution in [0.2, 0.25) is 0 Å². The third-order valence-electron chi connectivity index (χ3n) is 6.04. The molecule has 3 aromatic carbocycles. The van der Waals surface area contributed by atoms with Crippen molar-refractivity contribution in [2.24, 2.45) is 0 Å². The summed E-state index contributed by atoms with van der Waals surface area (Å²) in [5.74, 6) is 0.411. The van der Waals surface area contributed by atoms with E-state index in [0.29, 0.717) is 55.8 Å². The molecule has 1 aromatic heterocycles. The predicted molar refractivity (Wildman–Crippen MR) is 156 cm³/mol. The summed E-state index contributed by atoms with van der Waals surface area (Å²) in [5.41, 5.74) is 2.55. The lowest BCUT2D eigenvalue weighted by molar-refractivity contribution is -0.149. The van der Waals surface area contributed by atoms with Gasteiger partial charge in [0.15, 0.2) is 6.10 Å². The largest absolute Gasteiger partial charge is 0.492 e. The first-order chi connectivity index (χ1) is 19.5. The van der Waals surface area contributed by atoms with Crippen LogP contribution in [0.5, 0.6) is 5.75 Å². The number of aliphatic hydroxyl groups excluding tert-OH is 1. The van der Waals surface area contributed by atoms with Crippen LogP contribution in [-0.4, -0.2) is 58.2 Å². The minimum Gasteiger partial charge on any atom is -0.492 e. The molecule has 0 aliphatic rings. The molecule has 1 atom stereocenters. The summed E-state index contributed by atoms with van der Waals surface area (Å²) in [6, 6.07) is 24.4. The zero-order valence-corrected chi connectivity index (χ0v) is 23.0. The van der Waals surface area contributed by atoms with Crippen molar-refractivity contribution in [2.75, 3.05) is 31.7 Å². The van der Waals surface area contributed by atoms with Gasteiger partial charge in [-0.1, -0.05) is 49.4 Å². The van der Waals surface area contributed by atoms with E-state index in [2.05, 4.69) is 10.3 Å². The fourth-order valence-electron chi connectivity index (χ4n) is 4.08. The van der Waals surface area contributed by atoms with E-state index >= 15 is 0 Å². The second kappa shape index (κ2) is 16.0. The van der Waals surface area contributed by atoms with Crippen LogP contribution in [0.15, 0.2) is 83.7 Å². The Hall–Kier alpha value is -4.21. The van der Waals surface area contributed by atoms with Gasteiger partial charge in [-0.15, -0.1) is 0 Å². The zero-order valence-electron chi connectivity index (χ0n) is 23.0. The number of ether oxygens (including phenoxy) is 2. The van der Waals surface area contributed by atoms with Crippen LogP contribution < -0.4 is 15.6 Å². The van der Waals surface area contributed by atoms with E-state index in [9.17, 15) is 14.7 Å². The van der Waals surface area contributed by atoms with Crippen molar-refractivity contribution in [3.05, 3.63) is 101 Å². The Morgan fingerprint density at radius 1 is 1.00 bits per heavy atom. The van der Waals surface area contributed by atoms with Gasteiger partial charge < -0.3 is 25.0 Å². The van der Waals surface area contributed by atoms with Gasteiger partial charge in [-0.2, -0.15) is 0 Å². The molecule has 0 aliphatic heterocycles. The number of hydrogen-bond donors (Lipinski definition) is 3. The van der Waals surface area contributed by atoms with Crippen LogP contribution in [-0.2, 0) is 28.9 Å². The van der Waals surface area contributed by atoms with Gasteiger partial charge in [0.05, 0.1) is 24.1 Å². The number of aliphatic hydroxyl groups is 1. The molecule has 4 aromatic rings. The Balaban J connectivity index is 0.000000371. The van der Waals surface area contributed by atoms with Gasteiger partial charge in [-0.3, -0.25) is 9.36 Å². The Bertz CT molecular complexity index is 1390. The Morgan fingerprint density at radius 3 is 2.35 bits per heavy atom. The lowest BCUT2D eigenvalue weighted by atomic mass is 10.1. The lowest BCUT2D eigenvalue weighted by Gasteiger charge is -2.14. The smallest absolute Gasteiger partial charge is 0.333 e. The minimum atomic E-state index is -0.974. The highest BCUT2D eigenvalue weighted by Gasteiger charge is 2.18. The molecular formula is C31H37N3O6. The number of para-hydroxylation sites is 2. The number of carboxylic acids is 1. The van der Waals surface area contributed by atoms with Crippen molar-refractivity contribution in [3.8, 4) is 5.75 Å². The first kappa shape index (κ1) is 30.3. The van der Waals surface area contributed by atoms with Gasteiger partial charge >= 0.3 is 5.97 Å². The van der Waals surface area contributed by atoms with Crippen LogP contribution in [0.25, 0.3) is 10.9 Å². The van der Waals surface area contributed by atoms with Crippen LogP contribution >= 0.6 is 0 Å². The molecule has 0 fully saturated rings. The van der Waals surface area contributed by atoms with Gasteiger partial charge in [0.25, 0.3) is 5.56 Å². The molecule has 40 heavy (non-hydrogen) atoms. The molecule has 0 saturated heterocycles. The van der Waals surface area contributed by atoms with Crippen LogP contribution in [0.3, 0.4) is 0 Å². The number of anilines is 1. The van der Waals surface area contributed by atoms with Crippen molar-refractivity contribution in [2.45, 2.75) is 39.3 Å². The highest BCUT2D eigenvalue weighted by Crippen LogP contribution is 2.15. The minimum absolute atomic E-state index is 0.0629. The number of fused-ring (bicyclic) bond motifs is 1. The molecule has 9 heteroatoms. The Morgan fingerprint density at radius 2 is 1.70 bits per heavy atom. The number of carbonyl (C=O) groups is 1. The van der Waals surface area contributed by atoms with Crippen molar-refractivity contribution < 1.29 is 24.5 Å². The van der Waals surface area contributed by atoms with Gasteiger partial charge in [-0.05, 0) is 48.9 Å². The third kappa shape index (κ3) is 8.93. The van der Waals surface area contributed by atoms with Gasteiger partial charge in [0.1, 0.15) is 18.2 Å². The SMILES string of the molecule is CCOC(Cc1ccc(OCCn2c(CC)nc3ccccc3c2=O)cc1)C(=O)O.OCCNc1ccccc1. The average Bonchev–Trinajstić information content (AvgIpc) is 2.98. The molecule has 9 nitrogen and oxygen atoms in total. The standard InChI is InChI=1S/C23H26N2O5.C8H11NO/c1-3-21-24-19-8-6-5-7-18(19)22(26)25(21)13-14-30-17-11-9-16(10-12-17)15-20(23(27)28)29-4-2;10-7-6-9-8-4-2-1-3-5-8/h5-12,20H,3-4,13-15H2,1-2H3,(H,27,28);1-5,9-10H,6-7H2. The number of hydrogen-bond acceptors (Lipinski definition) is 7. The summed E-state index contributed by atoms with van der Waals surface area (Å²) in [6.45, 7) is 5.60. The molecular weight excluding hydrogens is 510 g/mol. The van der Waals surface area contributed by atoms with Crippen molar-refractivity contribution in [1.82, 2.24) is 9.55 Å². The zero-order chi connectivity index (χ0) is 28.7. The molecule has 4 rings (SSSR count). The monoisotopic (exact) mass is 547 g/mol. The molecule has 3 N–H and O–H groups in total. The number of aliphatic carboxylic acids is 1. The fraction of sp³-hybridized carbons (Fsp3) is 0.323. The van der Waals surface area contributed by atoms with E-state index in [1.165, 1.54) is 0 Å². The molecule has 0 amide bonds. The van der Waals surface area contributed by atoms with E-state index in [1.54, 1.807) is 29.7 Å². The summed E-state index contributed by atoms with van der Waals surface area (Å²) in [6.07, 6.45) is 0.0855. The number of carboxylic acid groups (broad SMARTS) is 1. The summed E-state index contributed by atoms with van der Waals surface area (Å²) in [4.78, 5) is 28.6. The van der Waals surface area contributed by atoms with E-state index in [0.717, 1.165) is 17.1 Å². The van der Waals surface area contributed by atoms with E-state index in [4.69, 9.17) is 14.6 Å². The normalized spacial score (nSPS) is 11.4. The predicted octanol–water partition coefficient (Wildman–Crippen LogP) is 4.16. The number of nitrogens with one attached hydrogen (secondary N) is 1. The van der Waals surface area contributed by atoms with E-state index < -0.39 is 12.1 Å². The quantitative estimate of drug-likeness (QED) is 0.228. The summed E-state index contributed by atoms with van der Waals surface area (Å²) >= 11 is 0.